The lowest BCUT2D eigenvalue weighted by atomic mass is 10.3. The molecule has 1 aromatic rings. The number of benzene rings is 1. The largest absolute Gasteiger partial charge is 0.398 e. The third kappa shape index (κ3) is 3.22. The van der Waals surface area contributed by atoms with Gasteiger partial charge in [-0.15, -0.1) is 0 Å². The number of carbonyl (C=O) groups is 1. The van der Waals surface area contributed by atoms with Gasteiger partial charge in [-0.25, -0.2) is 0 Å². The standard InChI is InChI=1S/C6H7NO3S.CH2O/c7-5-3-1-2-4-6(5)11(8,9)10;1-2/h1-4H,7H2,(H,8,9,10);1H2. The summed E-state index contributed by atoms with van der Waals surface area (Å²) in [5.74, 6) is 0. The van der Waals surface area contributed by atoms with Crippen LogP contribution in [0.4, 0.5) is 5.69 Å². The lowest BCUT2D eigenvalue weighted by Gasteiger charge is -1.98. The summed E-state index contributed by atoms with van der Waals surface area (Å²) in [5, 5.41) is 0. The molecule has 72 valence electrons. The highest BCUT2D eigenvalue weighted by Crippen LogP contribution is 2.15. The monoisotopic (exact) mass is 203 g/mol. The van der Waals surface area contributed by atoms with Gasteiger partial charge in [0.2, 0.25) is 0 Å². The van der Waals surface area contributed by atoms with Gasteiger partial charge in [0.05, 0.1) is 5.69 Å². The average molecular weight is 203 g/mol. The predicted octanol–water partition coefficient (Wildman–Crippen LogP) is 0.331. The number of rotatable bonds is 1. The third-order valence-corrected chi connectivity index (χ3v) is 2.12. The first kappa shape index (κ1) is 11.6. The molecule has 3 N–H and O–H groups in total. The molecule has 0 fully saturated rings. The second-order valence-electron chi connectivity index (χ2n) is 2.01. The van der Waals surface area contributed by atoms with Crippen molar-refractivity contribution in [3.63, 3.8) is 0 Å². The van der Waals surface area contributed by atoms with Crippen LogP contribution in [-0.2, 0) is 14.9 Å². The van der Waals surface area contributed by atoms with Crippen LogP contribution in [0.2, 0.25) is 0 Å². The van der Waals surface area contributed by atoms with Crippen molar-refractivity contribution < 1.29 is 17.8 Å². The molecule has 0 atom stereocenters. The van der Waals surface area contributed by atoms with Gasteiger partial charge in [0.25, 0.3) is 10.1 Å². The SMILES string of the molecule is C=O.Nc1ccccc1S(=O)(=O)O. The Balaban J connectivity index is 0.000000671. The summed E-state index contributed by atoms with van der Waals surface area (Å²) in [7, 11) is -4.16. The number of para-hydroxylation sites is 1. The Morgan fingerprint density at radius 3 is 2.00 bits per heavy atom. The van der Waals surface area contributed by atoms with E-state index in [-0.39, 0.29) is 10.6 Å². The Bertz CT molecular complexity index is 374. The Morgan fingerprint density at radius 1 is 1.23 bits per heavy atom. The maximum atomic E-state index is 10.5. The summed E-state index contributed by atoms with van der Waals surface area (Å²) in [6, 6.07) is 5.72. The van der Waals surface area contributed by atoms with Crippen molar-refractivity contribution in [2.45, 2.75) is 4.90 Å². The first-order valence-corrected chi connectivity index (χ1v) is 4.56. The summed E-state index contributed by atoms with van der Waals surface area (Å²) in [5.41, 5.74) is 5.32. The van der Waals surface area contributed by atoms with E-state index < -0.39 is 10.1 Å². The van der Waals surface area contributed by atoms with Crippen LogP contribution in [0.1, 0.15) is 0 Å². The van der Waals surface area contributed by atoms with Crippen LogP contribution in [-0.4, -0.2) is 19.8 Å². The molecular formula is C7H9NO4S. The van der Waals surface area contributed by atoms with E-state index >= 15 is 0 Å². The molecule has 0 spiro atoms. The first-order chi connectivity index (χ1) is 6.02. The van der Waals surface area contributed by atoms with Gasteiger partial charge in [0, 0.05) is 0 Å². The van der Waals surface area contributed by atoms with Crippen LogP contribution in [0.5, 0.6) is 0 Å². The third-order valence-electron chi connectivity index (χ3n) is 1.20. The number of anilines is 1. The lowest BCUT2D eigenvalue weighted by Crippen LogP contribution is -2.01. The van der Waals surface area contributed by atoms with Crippen LogP contribution in [0.25, 0.3) is 0 Å². The molecule has 5 nitrogen and oxygen atoms in total. The van der Waals surface area contributed by atoms with Crippen LogP contribution in [0.3, 0.4) is 0 Å². The van der Waals surface area contributed by atoms with Crippen LogP contribution in [0, 0.1) is 0 Å². The van der Waals surface area contributed by atoms with Crippen LogP contribution < -0.4 is 5.73 Å². The molecule has 0 aliphatic carbocycles. The maximum Gasteiger partial charge on any atom is 0.296 e. The average Bonchev–Trinajstić information content (AvgIpc) is 2.07. The van der Waals surface area contributed by atoms with Crippen LogP contribution in [0.15, 0.2) is 29.2 Å². The second-order valence-corrected chi connectivity index (χ2v) is 3.40. The summed E-state index contributed by atoms with van der Waals surface area (Å²) in [4.78, 5) is 7.75. The van der Waals surface area contributed by atoms with Crippen molar-refractivity contribution >= 4 is 22.6 Å². The molecule has 0 saturated heterocycles. The fourth-order valence-corrected chi connectivity index (χ4v) is 1.33. The van der Waals surface area contributed by atoms with E-state index in [4.69, 9.17) is 15.1 Å². The molecule has 0 radical (unpaired) electrons. The zero-order chi connectivity index (χ0) is 10.5. The highest BCUT2D eigenvalue weighted by molar-refractivity contribution is 7.86. The van der Waals surface area contributed by atoms with E-state index in [1.54, 1.807) is 6.07 Å². The molecule has 0 aromatic heterocycles. The molecule has 13 heavy (non-hydrogen) atoms. The van der Waals surface area contributed by atoms with Gasteiger partial charge in [-0.3, -0.25) is 4.55 Å². The van der Waals surface area contributed by atoms with E-state index in [0.29, 0.717) is 0 Å². The van der Waals surface area contributed by atoms with E-state index in [1.165, 1.54) is 18.2 Å². The number of nitrogen functional groups attached to an aromatic ring is 1. The molecule has 0 bridgehead atoms. The molecule has 6 heteroatoms. The fraction of sp³-hybridized carbons (Fsp3) is 0. The minimum absolute atomic E-state index is 0.0509. The molecule has 1 aromatic carbocycles. The van der Waals surface area contributed by atoms with Gasteiger partial charge < -0.3 is 10.5 Å². The van der Waals surface area contributed by atoms with Gasteiger partial charge in [-0.05, 0) is 12.1 Å². The van der Waals surface area contributed by atoms with Crippen molar-refractivity contribution in [2.24, 2.45) is 0 Å². The quantitative estimate of drug-likeness (QED) is 0.506. The zero-order valence-electron chi connectivity index (χ0n) is 6.67. The maximum absolute atomic E-state index is 10.5. The van der Waals surface area contributed by atoms with E-state index in [9.17, 15) is 8.42 Å². The van der Waals surface area contributed by atoms with E-state index in [1.807, 2.05) is 6.79 Å². The number of hydrogen-bond acceptors (Lipinski definition) is 4. The summed E-state index contributed by atoms with van der Waals surface area (Å²) < 4.78 is 29.6. The van der Waals surface area contributed by atoms with E-state index in [2.05, 4.69) is 0 Å². The number of nitrogens with two attached hydrogens (primary N) is 1. The Labute approximate surface area is 75.9 Å². The summed E-state index contributed by atoms with van der Waals surface area (Å²) in [6.07, 6.45) is 0. The van der Waals surface area contributed by atoms with Gasteiger partial charge in [0.15, 0.2) is 0 Å². The number of hydrogen-bond donors (Lipinski definition) is 2. The van der Waals surface area contributed by atoms with Crippen molar-refractivity contribution in [2.75, 3.05) is 5.73 Å². The van der Waals surface area contributed by atoms with Crippen molar-refractivity contribution in [3.05, 3.63) is 24.3 Å². The van der Waals surface area contributed by atoms with Crippen molar-refractivity contribution in [1.29, 1.82) is 0 Å². The van der Waals surface area contributed by atoms with Gasteiger partial charge in [-0.1, -0.05) is 12.1 Å². The number of carbonyl (C=O) groups excluding carboxylic acids is 1. The minimum Gasteiger partial charge on any atom is -0.398 e. The zero-order valence-corrected chi connectivity index (χ0v) is 7.49. The molecule has 0 unspecified atom stereocenters. The Hall–Kier alpha value is -1.40. The lowest BCUT2D eigenvalue weighted by molar-refractivity contribution is -0.0979. The fourth-order valence-electron chi connectivity index (χ4n) is 0.715. The topological polar surface area (TPSA) is 97.5 Å². The smallest absolute Gasteiger partial charge is 0.296 e. The highest BCUT2D eigenvalue weighted by atomic mass is 32.2. The molecule has 1 rings (SSSR count). The first-order valence-electron chi connectivity index (χ1n) is 3.12. The van der Waals surface area contributed by atoms with Crippen molar-refractivity contribution in [1.82, 2.24) is 0 Å². The normalized spacial score (nSPS) is 9.92. The molecule has 0 heterocycles. The Kier molecular flexibility index (Phi) is 4.09. The second kappa shape index (κ2) is 4.58. The Morgan fingerprint density at radius 2 is 1.69 bits per heavy atom. The summed E-state index contributed by atoms with van der Waals surface area (Å²) in [6.45, 7) is 2.00. The van der Waals surface area contributed by atoms with Crippen LogP contribution >= 0.6 is 0 Å². The summed E-state index contributed by atoms with van der Waals surface area (Å²) >= 11 is 0. The highest BCUT2D eigenvalue weighted by Gasteiger charge is 2.11. The van der Waals surface area contributed by atoms with Crippen molar-refractivity contribution in [3.8, 4) is 0 Å². The van der Waals surface area contributed by atoms with Gasteiger partial charge >= 0.3 is 0 Å². The van der Waals surface area contributed by atoms with Gasteiger partial charge in [-0.2, -0.15) is 8.42 Å². The molecule has 0 aliphatic rings. The van der Waals surface area contributed by atoms with E-state index in [0.717, 1.165) is 0 Å². The van der Waals surface area contributed by atoms with Gasteiger partial charge in [0.1, 0.15) is 11.7 Å². The minimum atomic E-state index is -4.16. The molecular weight excluding hydrogens is 194 g/mol. The predicted molar refractivity (Wildman–Crippen MR) is 47.8 cm³/mol. The molecule has 0 aliphatic heterocycles. The molecule has 0 saturated carbocycles. The molecule has 0 amide bonds.